The molecular formula is C12H20N2O2. The second-order valence-electron chi connectivity index (χ2n) is 3.92. The number of ether oxygens (including phenoxy) is 2. The first-order valence-electron chi connectivity index (χ1n) is 5.34. The van der Waals surface area contributed by atoms with Crippen molar-refractivity contribution in [1.82, 2.24) is 4.90 Å². The zero-order chi connectivity index (χ0) is 12.0. The summed E-state index contributed by atoms with van der Waals surface area (Å²) in [5.74, 6) is 1.43. The van der Waals surface area contributed by atoms with Crippen LogP contribution in [0.4, 0.5) is 5.69 Å². The van der Waals surface area contributed by atoms with Crippen molar-refractivity contribution in [2.45, 2.75) is 6.42 Å². The number of nitrogens with two attached hydrogens (primary N) is 1. The molecule has 0 heterocycles. The molecule has 4 heteroatoms. The minimum atomic E-state index is 0.678. The molecule has 0 saturated heterocycles. The SMILES string of the molecule is COc1cc(N)ccc1OCCCN(C)C. The molecule has 0 bridgehead atoms. The highest BCUT2D eigenvalue weighted by Crippen LogP contribution is 2.28. The van der Waals surface area contributed by atoms with E-state index in [2.05, 4.69) is 4.90 Å². The van der Waals surface area contributed by atoms with E-state index in [1.165, 1.54) is 0 Å². The fourth-order valence-corrected chi connectivity index (χ4v) is 1.37. The lowest BCUT2D eigenvalue weighted by atomic mass is 10.3. The fourth-order valence-electron chi connectivity index (χ4n) is 1.37. The Hall–Kier alpha value is -1.42. The number of anilines is 1. The van der Waals surface area contributed by atoms with Crippen LogP contribution in [-0.2, 0) is 0 Å². The van der Waals surface area contributed by atoms with Crippen LogP contribution in [0.15, 0.2) is 18.2 Å². The van der Waals surface area contributed by atoms with E-state index in [0.717, 1.165) is 18.7 Å². The topological polar surface area (TPSA) is 47.7 Å². The van der Waals surface area contributed by atoms with E-state index in [9.17, 15) is 0 Å². The maximum atomic E-state index is 5.66. The van der Waals surface area contributed by atoms with Crippen molar-refractivity contribution < 1.29 is 9.47 Å². The van der Waals surface area contributed by atoms with Gasteiger partial charge in [-0.3, -0.25) is 0 Å². The van der Waals surface area contributed by atoms with E-state index in [-0.39, 0.29) is 0 Å². The first kappa shape index (κ1) is 12.6. The van der Waals surface area contributed by atoms with Crippen molar-refractivity contribution in [2.24, 2.45) is 0 Å². The summed E-state index contributed by atoms with van der Waals surface area (Å²) in [6.45, 7) is 1.69. The molecule has 0 spiro atoms. The molecule has 0 aliphatic heterocycles. The standard InChI is InChI=1S/C12H20N2O2/c1-14(2)7-4-8-16-11-6-5-10(13)9-12(11)15-3/h5-6,9H,4,7-8,13H2,1-3H3. The van der Waals surface area contributed by atoms with Gasteiger partial charge in [-0.05, 0) is 32.6 Å². The predicted molar refractivity (Wildman–Crippen MR) is 66.1 cm³/mol. The van der Waals surface area contributed by atoms with Crippen LogP contribution in [0, 0.1) is 0 Å². The Morgan fingerprint density at radius 1 is 1.25 bits per heavy atom. The van der Waals surface area contributed by atoms with Crippen LogP contribution in [0.2, 0.25) is 0 Å². The predicted octanol–water partition coefficient (Wildman–Crippen LogP) is 1.61. The average Bonchev–Trinajstić information content (AvgIpc) is 2.25. The Bertz CT molecular complexity index is 327. The minimum Gasteiger partial charge on any atom is -0.493 e. The minimum absolute atomic E-state index is 0.678. The molecule has 0 radical (unpaired) electrons. The number of benzene rings is 1. The van der Waals surface area contributed by atoms with E-state index in [0.29, 0.717) is 18.0 Å². The van der Waals surface area contributed by atoms with Gasteiger partial charge in [0, 0.05) is 18.3 Å². The number of rotatable bonds is 6. The molecular weight excluding hydrogens is 204 g/mol. The van der Waals surface area contributed by atoms with Gasteiger partial charge in [0.25, 0.3) is 0 Å². The van der Waals surface area contributed by atoms with Crippen molar-refractivity contribution in [1.29, 1.82) is 0 Å². The van der Waals surface area contributed by atoms with Crippen LogP contribution in [0.5, 0.6) is 11.5 Å². The van der Waals surface area contributed by atoms with Gasteiger partial charge in [-0.25, -0.2) is 0 Å². The van der Waals surface area contributed by atoms with Crippen molar-refractivity contribution in [3.05, 3.63) is 18.2 Å². The summed E-state index contributed by atoms with van der Waals surface area (Å²) >= 11 is 0. The number of nitrogen functional groups attached to an aromatic ring is 1. The molecule has 16 heavy (non-hydrogen) atoms. The maximum absolute atomic E-state index is 5.66. The van der Waals surface area contributed by atoms with E-state index in [4.69, 9.17) is 15.2 Å². The van der Waals surface area contributed by atoms with Gasteiger partial charge in [0.1, 0.15) is 0 Å². The van der Waals surface area contributed by atoms with E-state index in [1.54, 1.807) is 13.2 Å². The molecule has 4 nitrogen and oxygen atoms in total. The second kappa shape index (κ2) is 6.23. The lowest BCUT2D eigenvalue weighted by Gasteiger charge is -2.12. The van der Waals surface area contributed by atoms with Crippen LogP contribution in [0.3, 0.4) is 0 Å². The number of hydrogen-bond acceptors (Lipinski definition) is 4. The first-order chi connectivity index (χ1) is 7.63. The average molecular weight is 224 g/mol. The highest BCUT2D eigenvalue weighted by atomic mass is 16.5. The quantitative estimate of drug-likeness (QED) is 0.589. The Kier molecular flexibility index (Phi) is 4.92. The van der Waals surface area contributed by atoms with Crippen LogP contribution < -0.4 is 15.2 Å². The third-order valence-corrected chi connectivity index (χ3v) is 2.19. The molecule has 90 valence electrons. The van der Waals surface area contributed by atoms with Gasteiger partial charge in [-0.15, -0.1) is 0 Å². The van der Waals surface area contributed by atoms with Crippen LogP contribution >= 0.6 is 0 Å². The van der Waals surface area contributed by atoms with Gasteiger partial charge in [0.05, 0.1) is 13.7 Å². The Morgan fingerprint density at radius 2 is 2.00 bits per heavy atom. The molecule has 0 fully saturated rings. The van der Waals surface area contributed by atoms with Crippen molar-refractivity contribution >= 4 is 5.69 Å². The van der Waals surface area contributed by atoms with Crippen LogP contribution in [-0.4, -0.2) is 39.3 Å². The molecule has 1 aromatic rings. The Labute approximate surface area is 96.9 Å². The molecule has 1 rings (SSSR count). The molecule has 0 saturated carbocycles. The zero-order valence-corrected chi connectivity index (χ0v) is 10.2. The van der Waals surface area contributed by atoms with Crippen LogP contribution in [0.1, 0.15) is 6.42 Å². The van der Waals surface area contributed by atoms with Gasteiger partial charge < -0.3 is 20.1 Å². The lowest BCUT2D eigenvalue weighted by molar-refractivity contribution is 0.268. The summed E-state index contributed by atoms with van der Waals surface area (Å²) in [5.41, 5.74) is 6.33. The number of nitrogens with zero attached hydrogens (tertiary/aromatic N) is 1. The summed E-state index contributed by atoms with van der Waals surface area (Å²) in [7, 11) is 5.70. The monoisotopic (exact) mass is 224 g/mol. The molecule has 1 aromatic carbocycles. The molecule has 0 aromatic heterocycles. The summed E-state index contributed by atoms with van der Waals surface area (Å²) in [5, 5.41) is 0. The molecule has 0 aliphatic carbocycles. The number of hydrogen-bond donors (Lipinski definition) is 1. The maximum Gasteiger partial charge on any atom is 0.162 e. The Morgan fingerprint density at radius 3 is 2.62 bits per heavy atom. The third-order valence-electron chi connectivity index (χ3n) is 2.19. The van der Waals surface area contributed by atoms with E-state index in [1.807, 2.05) is 26.2 Å². The van der Waals surface area contributed by atoms with Crippen molar-refractivity contribution in [2.75, 3.05) is 40.1 Å². The summed E-state index contributed by atoms with van der Waals surface area (Å²) in [4.78, 5) is 2.13. The van der Waals surface area contributed by atoms with Crippen molar-refractivity contribution in [3.63, 3.8) is 0 Å². The third kappa shape index (κ3) is 3.98. The molecule has 0 atom stereocenters. The molecule has 0 amide bonds. The molecule has 0 aliphatic rings. The van der Waals surface area contributed by atoms with Gasteiger partial charge in [0.2, 0.25) is 0 Å². The van der Waals surface area contributed by atoms with E-state index >= 15 is 0 Å². The molecule has 0 unspecified atom stereocenters. The summed E-state index contributed by atoms with van der Waals surface area (Å²) in [6.07, 6.45) is 0.987. The van der Waals surface area contributed by atoms with E-state index < -0.39 is 0 Å². The van der Waals surface area contributed by atoms with Gasteiger partial charge in [-0.1, -0.05) is 0 Å². The molecule has 2 N–H and O–H groups in total. The highest BCUT2D eigenvalue weighted by molar-refractivity contribution is 5.51. The Balaban J connectivity index is 2.47. The van der Waals surface area contributed by atoms with Gasteiger partial charge in [-0.2, -0.15) is 0 Å². The highest BCUT2D eigenvalue weighted by Gasteiger charge is 2.04. The first-order valence-corrected chi connectivity index (χ1v) is 5.34. The lowest BCUT2D eigenvalue weighted by Crippen LogP contribution is -2.15. The zero-order valence-electron chi connectivity index (χ0n) is 10.2. The normalized spacial score (nSPS) is 10.5. The smallest absolute Gasteiger partial charge is 0.162 e. The van der Waals surface area contributed by atoms with Gasteiger partial charge in [0.15, 0.2) is 11.5 Å². The summed E-state index contributed by atoms with van der Waals surface area (Å²) < 4.78 is 10.8. The van der Waals surface area contributed by atoms with Crippen molar-refractivity contribution in [3.8, 4) is 11.5 Å². The van der Waals surface area contributed by atoms with Crippen LogP contribution in [0.25, 0.3) is 0 Å². The number of methoxy groups -OCH3 is 1. The van der Waals surface area contributed by atoms with Gasteiger partial charge >= 0.3 is 0 Å². The summed E-state index contributed by atoms with van der Waals surface area (Å²) in [6, 6.07) is 5.41. The largest absolute Gasteiger partial charge is 0.493 e. The second-order valence-corrected chi connectivity index (χ2v) is 3.92. The fraction of sp³-hybridized carbons (Fsp3) is 0.500.